The smallest absolute Gasteiger partial charge is 0.404 e. The van der Waals surface area contributed by atoms with E-state index < -0.39 is 22.9 Å². The van der Waals surface area contributed by atoms with Crippen molar-refractivity contribution in [2.24, 2.45) is 5.41 Å². The van der Waals surface area contributed by atoms with Gasteiger partial charge in [0.2, 0.25) is 0 Å². The van der Waals surface area contributed by atoms with E-state index in [1.54, 1.807) is 30.3 Å². The largest absolute Gasteiger partial charge is 0.465 e. The molecule has 0 radical (unpaired) electrons. The summed E-state index contributed by atoms with van der Waals surface area (Å²) in [5.74, 6) is -0.467. The number of carbonyl (C=O) groups is 1. The van der Waals surface area contributed by atoms with E-state index in [2.05, 4.69) is 5.32 Å². The summed E-state index contributed by atoms with van der Waals surface area (Å²) in [5, 5.41) is 11.7. The number of nitrogens with zero attached hydrogens (tertiary/aromatic N) is 2. The lowest BCUT2D eigenvalue weighted by molar-refractivity contribution is 0.171. The van der Waals surface area contributed by atoms with Crippen LogP contribution in [0.25, 0.3) is 0 Å². The number of rotatable bonds is 6. The fourth-order valence-electron chi connectivity index (χ4n) is 3.63. The van der Waals surface area contributed by atoms with Crippen LogP contribution in [0.2, 0.25) is 0 Å². The van der Waals surface area contributed by atoms with E-state index in [-0.39, 0.29) is 18.0 Å². The van der Waals surface area contributed by atoms with E-state index in [0.29, 0.717) is 29.9 Å². The monoisotopic (exact) mass is 437 g/mol. The Morgan fingerprint density at radius 2 is 1.80 bits per heavy atom. The van der Waals surface area contributed by atoms with Crippen LogP contribution in [0.1, 0.15) is 33.6 Å². The second kappa shape index (κ2) is 8.33. The Morgan fingerprint density at radius 1 is 1.13 bits per heavy atom. The van der Waals surface area contributed by atoms with Gasteiger partial charge in [0.1, 0.15) is 5.82 Å². The Morgan fingerprint density at radius 3 is 2.40 bits per heavy atom. The lowest BCUT2D eigenvalue weighted by Crippen LogP contribution is -2.43. The van der Waals surface area contributed by atoms with Crippen LogP contribution in [0, 0.1) is 11.2 Å². The Hall–Kier alpha value is -2.49. The normalized spacial score (nSPS) is 17.4. The van der Waals surface area contributed by atoms with Crippen molar-refractivity contribution < 1.29 is 23.4 Å². The highest BCUT2D eigenvalue weighted by molar-refractivity contribution is 8.27. The SMILES string of the molecule is CC(C)(C)C(CCCN1c2ccc(F)cc2N(c2ccccc2)S1(O)O)NC(=O)O. The molecule has 0 saturated heterocycles. The molecule has 1 aliphatic rings. The zero-order valence-corrected chi connectivity index (χ0v) is 18.1. The molecule has 1 unspecified atom stereocenters. The molecular formula is C21H28FN3O4S. The first-order valence-corrected chi connectivity index (χ1v) is 11.2. The Labute approximate surface area is 177 Å². The number of hydrogen-bond donors (Lipinski definition) is 4. The van der Waals surface area contributed by atoms with Crippen molar-refractivity contribution in [3.63, 3.8) is 0 Å². The number of nitrogens with one attached hydrogen (secondary N) is 1. The van der Waals surface area contributed by atoms with Crippen molar-refractivity contribution in [1.82, 2.24) is 5.32 Å². The maximum Gasteiger partial charge on any atom is 0.404 e. The summed E-state index contributed by atoms with van der Waals surface area (Å²) in [6, 6.07) is 12.7. The van der Waals surface area contributed by atoms with Gasteiger partial charge in [-0.2, -0.15) is 0 Å². The molecule has 0 spiro atoms. The first kappa shape index (κ1) is 22.2. The standard InChI is InChI=1S/C21H28FN3O4S/c1-21(2,3)19(23-20(26)27)10-7-13-24-17-12-11-15(22)14-18(17)25(30(24,28)29)16-8-5-4-6-9-16/h4-6,8-9,11-12,14,19,23,28-29H,7,10,13H2,1-3H3,(H,26,27). The van der Waals surface area contributed by atoms with Crippen molar-refractivity contribution in [3.8, 4) is 0 Å². The number of para-hydroxylation sites is 1. The number of hydrogen-bond acceptors (Lipinski definition) is 5. The van der Waals surface area contributed by atoms with Gasteiger partial charge in [0.25, 0.3) is 0 Å². The molecule has 7 nitrogen and oxygen atoms in total. The summed E-state index contributed by atoms with van der Waals surface area (Å²) in [5.41, 5.74) is 1.17. The van der Waals surface area contributed by atoms with Crippen LogP contribution in [-0.2, 0) is 0 Å². The van der Waals surface area contributed by atoms with E-state index in [4.69, 9.17) is 5.11 Å². The minimum atomic E-state index is -3.45. The Bertz CT molecular complexity index is 905. The molecule has 4 N–H and O–H groups in total. The highest BCUT2D eigenvalue weighted by Crippen LogP contribution is 2.64. The molecule has 164 valence electrons. The van der Waals surface area contributed by atoms with E-state index in [1.165, 1.54) is 20.7 Å². The summed E-state index contributed by atoms with van der Waals surface area (Å²) in [7, 11) is -3.45. The number of halogens is 1. The van der Waals surface area contributed by atoms with Gasteiger partial charge in [-0.1, -0.05) is 39.0 Å². The lowest BCUT2D eigenvalue weighted by Gasteiger charge is -2.44. The van der Waals surface area contributed by atoms with Crippen LogP contribution in [-0.4, -0.2) is 32.9 Å². The van der Waals surface area contributed by atoms with Gasteiger partial charge >= 0.3 is 6.09 Å². The predicted molar refractivity (Wildman–Crippen MR) is 119 cm³/mol. The minimum absolute atomic E-state index is 0.276. The molecule has 0 saturated carbocycles. The third kappa shape index (κ3) is 4.48. The van der Waals surface area contributed by atoms with Crippen LogP contribution >= 0.6 is 11.0 Å². The highest BCUT2D eigenvalue weighted by Gasteiger charge is 2.41. The molecule has 1 aliphatic heterocycles. The molecule has 1 atom stereocenters. The fourth-order valence-corrected chi connectivity index (χ4v) is 5.43. The first-order valence-electron chi connectivity index (χ1n) is 9.72. The third-order valence-corrected chi connectivity index (χ3v) is 7.02. The van der Waals surface area contributed by atoms with E-state index >= 15 is 0 Å². The minimum Gasteiger partial charge on any atom is -0.465 e. The van der Waals surface area contributed by atoms with Crippen LogP contribution in [0.15, 0.2) is 48.5 Å². The van der Waals surface area contributed by atoms with Gasteiger partial charge in [-0.15, -0.1) is 0 Å². The van der Waals surface area contributed by atoms with Crippen molar-refractivity contribution in [2.75, 3.05) is 15.2 Å². The van der Waals surface area contributed by atoms with Crippen LogP contribution in [0.5, 0.6) is 0 Å². The average molecular weight is 438 g/mol. The quantitative estimate of drug-likeness (QED) is 0.454. The van der Waals surface area contributed by atoms with Crippen molar-refractivity contribution in [3.05, 3.63) is 54.3 Å². The molecule has 9 heteroatoms. The van der Waals surface area contributed by atoms with E-state index in [0.717, 1.165) is 0 Å². The Kier molecular flexibility index (Phi) is 6.16. The number of carboxylic acid groups (broad SMARTS) is 1. The van der Waals surface area contributed by atoms with Crippen LogP contribution < -0.4 is 13.9 Å². The summed E-state index contributed by atoms with van der Waals surface area (Å²) >= 11 is 0. The molecule has 30 heavy (non-hydrogen) atoms. The maximum atomic E-state index is 14.0. The lowest BCUT2D eigenvalue weighted by atomic mass is 9.84. The fraction of sp³-hybridized carbons (Fsp3) is 0.381. The topological polar surface area (TPSA) is 96.3 Å². The Balaban J connectivity index is 1.86. The first-order chi connectivity index (χ1) is 14.0. The average Bonchev–Trinajstić information content (AvgIpc) is 2.86. The van der Waals surface area contributed by atoms with E-state index in [1.807, 2.05) is 26.8 Å². The molecule has 0 bridgehead atoms. The van der Waals surface area contributed by atoms with Crippen molar-refractivity contribution >= 4 is 34.1 Å². The molecule has 0 aliphatic carbocycles. The van der Waals surface area contributed by atoms with Gasteiger partial charge in [-0.25, -0.2) is 13.5 Å². The van der Waals surface area contributed by atoms with Gasteiger partial charge in [-0.05, 0) is 53.5 Å². The number of amides is 1. The molecule has 3 rings (SSSR count). The molecule has 1 amide bonds. The third-order valence-electron chi connectivity index (χ3n) is 5.15. The molecule has 0 aromatic heterocycles. The van der Waals surface area contributed by atoms with E-state index in [9.17, 15) is 18.3 Å². The van der Waals surface area contributed by atoms with Gasteiger partial charge in [0.05, 0.1) is 17.1 Å². The zero-order chi connectivity index (χ0) is 22.1. The summed E-state index contributed by atoms with van der Waals surface area (Å²) in [6.07, 6.45) is -0.0576. The summed E-state index contributed by atoms with van der Waals surface area (Å²) in [6.45, 7) is 6.13. The molecule has 1 heterocycles. The van der Waals surface area contributed by atoms with Crippen LogP contribution in [0.4, 0.5) is 26.2 Å². The van der Waals surface area contributed by atoms with Gasteiger partial charge in [-0.3, -0.25) is 13.4 Å². The number of benzene rings is 2. The van der Waals surface area contributed by atoms with Gasteiger partial charge in [0.15, 0.2) is 0 Å². The predicted octanol–water partition coefficient (Wildman–Crippen LogP) is 5.83. The second-order valence-electron chi connectivity index (χ2n) is 8.37. The molecule has 2 aromatic rings. The summed E-state index contributed by atoms with van der Waals surface area (Å²) in [4.78, 5) is 11.1. The maximum absolute atomic E-state index is 14.0. The molecule has 0 fully saturated rings. The number of fused-ring (bicyclic) bond motifs is 1. The van der Waals surface area contributed by atoms with Gasteiger partial charge in [0, 0.05) is 18.7 Å². The molecular weight excluding hydrogens is 409 g/mol. The van der Waals surface area contributed by atoms with Crippen molar-refractivity contribution in [2.45, 2.75) is 39.7 Å². The summed E-state index contributed by atoms with van der Waals surface area (Å²) < 4.78 is 39.0. The second-order valence-corrected chi connectivity index (χ2v) is 10.2. The molecule has 2 aromatic carbocycles. The van der Waals surface area contributed by atoms with Crippen LogP contribution in [0.3, 0.4) is 0 Å². The zero-order valence-electron chi connectivity index (χ0n) is 17.2. The highest BCUT2D eigenvalue weighted by atomic mass is 32.3. The van der Waals surface area contributed by atoms with Gasteiger partial charge < -0.3 is 10.4 Å². The van der Waals surface area contributed by atoms with Crippen molar-refractivity contribution in [1.29, 1.82) is 0 Å². The number of anilines is 3.